The minimum Gasteiger partial charge on any atom is -0.507 e. The number of aromatic hydroxyl groups is 1. The molecular weight excluding hydrogens is 312 g/mol. The number of hydrogen-bond acceptors (Lipinski definition) is 4. The number of nitrogen functional groups attached to an aromatic ring is 1. The maximum Gasteiger partial charge on any atom is 0.157 e. The van der Waals surface area contributed by atoms with E-state index in [2.05, 4.69) is 51.6 Å². The second-order valence-corrected chi connectivity index (χ2v) is 8.59. The van der Waals surface area contributed by atoms with E-state index in [9.17, 15) is 5.11 Å². The Morgan fingerprint density at radius 2 is 1.52 bits per heavy atom. The Bertz CT molecular complexity index is 907. The number of anilines is 1. The quantitative estimate of drug-likeness (QED) is 0.694. The van der Waals surface area contributed by atoms with Crippen LogP contribution in [0.4, 0.5) is 5.82 Å². The lowest BCUT2D eigenvalue weighted by Gasteiger charge is -2.28. The van der Waals surface area contributed by atoms with Crippen LogP contribution < -0.4 is 5.73 Å². The third kappa shape index (κ3) is 3.06. The van der Waals surface area contributed by atoms with Crippen LogP contribution in [0.5, 0.6) is 5.75 Å². The van der Waals surface area contributed by atoms with E-state index < -0.39 is 0 Å². The summed E-state index contributed by atoms with van der Waals surface area (Å²) >= 11 is 0. The molecule has 2 aromatic heterocycles. The molecule has 0 aliphatic carbocycles. The number of rotatable bonds is 1. The molecule has 0 atom stereocenters. The first-order valence-corrected chi connectivity index (χ1v) is 8.47. The van der Waals surface area contributed by atoms with Crippen molar-refractivity contribution in [2.24, 2.45) is 0 Å². The molecule has 0 saturated carbocycles. The van der Waals surface area contributed by atoms with Crippen molar-refractivity contribution in [3.8, 4) is 17.0 Å². The van der Waals surface area contributed by atoms with Crippen molar-refractivity contribution in [3.05, 3.63) is 41.6 Å². The van der Waals surface area contributed by atoms with Gasteiger partial charge in [0.05, 0.1) is 5.69 Å². The predicted molar refractivity (Wildman–Crippen MR) is 102 cm³/mol. The van der Waals surface area contributed by atoms with Crippen LogP contribution in [-0.4, -0.2) is 19.7 Å². The molecule has 5 nitrogen and oxygen atoms in total. The van der Waals surface area contributed by atoms with Gasteiger partial charge in [-0.05, 0) is 29.0 Å². The molecule has 5 heteroatoms. The van der Waals surface area contributed by atoms with Crippen molar-refractivity contribution in [1.29, 1.82) is 0 Å². The molecule has 0 aliphatic rings. The summed E-state index contributed by atoms with van der Waals surface area (Å²) in [7, 11) is 0. The van der Waals surface area contributed by atoms with E-state index in [-0.39, 0.29) is 10.8 Å². The van der Waals surface area contributed by atoms with Gasteiger partial charge in [0, 0.05) is 29.0 Å². The molecule has 0 radical (unpaired) electrons. The zero-order valence-electron chi connectivity index (χ0n) is 15.8. The summed E-state index contributed by atoms with van der Waals surface area (Å²) in [5.41, 5.74) is 9.91. The van der Waals surface area contributed by atoms with Gasteiger partial charge >= 0.3 is 0 Å². The molecule has 25 heavy (non-hydrogen) atoms. The van der Waals surface area contributed by atoms with E-state index >= 15 is 0 Å². The van der Waals surface area contributed by atoms with Crippen LogP contribution >= 0.6 is 0 Å². The van der Waals surface area contributed by atoms with Crippen LogP contribution in [0.2, 0.25) is 0 Å². The van der Waals surface area contributed by atoms with E-state index in [0.717, 1.165) is 22.4 Å². The average Bonchev–Trinajstić information content (AvgIpc) is 2.85. The van der Waals surface area contributed by atoms with Crippen LogP contribution in [0.25, 0.3) is 16.9 Å². The van der Waals surface area contributed by atoms with E-state index in [0.29, 0.717) is 17.2 Å². The van der Waals surface area contributed by atoms with Crippen molar-refractivity contribution in [2.75, 3.05) is 5.73 Å². The van der Waals surface area contributed by atoms with Gasteiger partial charge in [-0.3, -0.25) is 0 Å². The first kappa shape index (κ1) is 17.3. The molecule has 0 unspecified atom stereocenters. The number of benzene rings is 1. The Kier molecular flexibility index (Phi) is 3.78. The second kappa shape index (κ2) is 5.48. The molecule has 1 aromatic carbocycles. The summed E-state index contributed by atoms with van der Waals surface area (Å²) in [5.74, 6) is 0.805. The van der Waals surface area contributed by atoms with Gasteiger partial charge in [-0.2, -0.15) is 0 Å². The molecule has 0 fully saturated rings. The zero-order valence-corrected chi connectivity index (χ0v) is 15.8. The summed E-state index contributed by atoms with van der Waals surface area (Å²) in [6, 6.07) is 7.75. The standard InChI is InChI=1S/C20H26N4O/c1-19(2,3)13-9-12(10-14(18(13)25)20(4,5)6)15-7-8-22-17-11-16(21)23-24(15)17/h7-11,25H,1-6H3,(H2,21,23). The lowest BCUT2D eigenvalue weighted by Crippen LogP contribution is -2.17. The van der Waals surface area contributed by atoms with Crippen LogP contribution in [-0.2, 0) is 10.8 Å². The van der Waals surface area contributed by atoms with Crippen LogP contribution in [0, 0.1) is 0 Å². The van der Waals surface area contributed by atoms with E-state index in [1.54, 1.807) is 16.8 Å². The van der Waals surface area contributed by atoms with E-state index in [4.69, 9.17) is 5.73 Å². The lowest BCUT2D eigenvalue weighted by molar-refractivity contribution is 0.423. The largest absolute Gasteiger partial charge is 0.507 e. The molecule has 3 rings (SSSR count). The summed E-state index contributed by atoms with van der Waals surface area (Å²) < 4.78 is 1.75. The Labute approximate surface area is 148 Å². The summed E-state index contributed by atoms with van der Waals surface area (Å²) in [5, 5.41) is 15.3. The Morgan fingerprint density at radius 1 is 0.960 bits per heavy atom. The Morgan fingerprint density at radius 3 is 2.04 bits per heavy atom. The molecule has 3 aromatic rings. The number of aromatic nitrogens is 3. The van der Waals surface area contributed by atoms with Gasteiger partial charge in [0.2, 0.25) is 0 Å². The smallest absolute Gasteiger partial charge is 0.157 e. The molecule has 132 valence electrons. The third-order valence-electron chi connectivity index (χ3n) is 4.40. The fourth-order valence-electron chi connectivity index (χ4n) is 3.06. The summed E-state index contributed by atoms with van der Waals surface area (Å²) in [4.78, 5) is 4.32. The fraction of sp³-hybridized carbons (Fsp3) is 0.400. The molecule has 0 saturated heterocycles. The number of hydrogen-bond donors (Lipinski definition) is 2. The lowest BCUT2D eigenvalue weighted by atomic mass is 9.78. The van der Waals surface area contributed by atoms with Crippen molar-refractivity contribution in [2.45, 2.75) is 52.4 Å². The highest BCUT2D eigenvalue weighted by Gasteiger charge is 2.27. The highest BCUT2D eigenvalue weighted by atomic mass is 16.3. The van der Waals surface area contributed by atoms with Crippen LogP contribution in [0.1, 0.15) is 52.7 Å². The number of nitrogens with two attached hydrogens (primary N) is 1. The van der Waals surface area contributed by atoms with Crippen LogP contribution in [0.15, 0.2) is 30.5 Å². The van der Waals surface area contributed by atoms with Crippen molar-refractivity contribution in [3.63, 3.8) is 0 Å². The van der Waals surface area contributed by atoms with Crippen molar-refractivity contribution >= 4 is 11.5 Å². The van der Waals surface area contributed by atoms with Crippen molar-refractivity contribution in [1.82, 2.24) is 14.6 Å². The third-order valence-corrected chi connectivity index (χ3v) is 4.40. The molecule has 3 N–H and O–H groups in total. The first-order valence-electron chi connectivity index (χ1n) is 8.47. The van der Waals surface area contributed by atoms with Crippen LogP contribution in [0.3, 0.4) is 0 Å². The SMILES string of the molecule is CC(C)(C)c1cc(-c2ccnc3cc(N)nn23)cc(C(C)(C)C)c1O. The Hall–Kier alpha value is -2.56. The zero-order chi connectivity index (χ0) is 18.6. The van der Waals surface area contributed by atoms with Gasteiger partial charge in [-0.1, -0.05) is 41.5 Å². The number of fused-ring (bicyclic) bond motifs is 1. The summed E-state index contributed by atoms with van der Waals surface area (Å²) in [6.07, 6.45) is 1.76. The maximum absolute atomic E-state index is 10.9. The highest BCUT2D eigenvalue weighted by molar-refractivity contribution is 5.68. The maximum atomic E-state index is 10.9. The van der Waals surface area contributed by atoms with Gasteiger partial charge in [-0.25, -0.2) is 9.50 Å². The van der Waals surface area contributed by atoms with Gasteiger partial charge in [0.1, 0.15) is 11.6 Å². The predicted octanol–water partition coefficient (Wildman–Crippen LogP) is 4.28. The number of phenolic OH excluding ortho intramolecular Hbond substituents is 1. The molecular formula is C20H26N4O. The van der Waals surface area contributed by atoms with Gasteiger partial charge in [-0.15, -0.1) is 5.10 Å². The minimum absolute atomic E-state index is 0.185. The van der Waals surface area contributed by atoms with E-state index in [1.807, 2.05) is 18.2 Å². The van der Waals surface area contributed by atoms with Gasteiger partial charge < -0.3 is 10.8 Å². The molecule has 2 heterocycles. The highest BCUT2D eigenvalue weighted by Crippen LogP contribution is 2.41. The van der Waals surface area contributed by atoms with Crippen molar-refractivity contribution < 1.29 is 5.11 Å². The number of phenols is 1. The molecule has 0 bridgehead atoms. The second-order valence-electron chi connectivity index (χ2n) is 8.59. The van der Waals surface area contributed by atoms with Gasteiger partial charge in [0.15, 0.2) is 5.65 Å². The molecule has 0 amide bonds. The summed E-state index contributed by atoms with van der Waals surface area (Å²) in [6.45, 7) is 12.6. The average molecular weight is 338 g/mol. The monoisotopic (exact) mass is 338 g/mol. The fourth-order valence-corrected chi connectivity index (χ4v) is 3.06. The number of nitrogens with zero attached hydrogens (tertiary/aromatic N) is 3. The first-order chi connectivity index (χ1) is 11.5. The van der Waals surface area contributed by atoms with Gasteiger partial charge in [0.25, 0.3) is 0 Å². The molecule has 0 spiro atoms. The Balaban J connectivity index is 2.36. The van der Waals surface area contributed by atoms with E-state index in [1.165, 1.54) is 0 Å². The topological polar surface area (TPSA) is 76.4 Å². The normalized spacial score (nSPS) is 12.7. The molecule has 0 aliphatic heterocycles. The minimum atomic E-state index is -0.185.